The van der Waals surface area contributed by atoms with Crippen LogP contribution in [0.25, 0.3) is 0 Å². The van der Waals surface area contributed by atoms with Crippen molar-refractivity contribution in [2.75, 3.05) is 0 Å². The van der Waals surface area contributed by atoms with Gasteiger partial charge in [-0.2, -0.15) is 0 Å². The van der Waals surface area contributed by atoms with E-state index in [2.05, 4.69) is 13.8 Å². The Labute approximate surface area is 158 Å². The molecule has 4 saturated carbocycles. The van der Waals surface area contributed by atoms with Crippen LogP contribution in [-0.2, 0) is 14.3 Å². The van der Waals surface area contributed by atoms with Crippen molar-refractivity contribution in [3.63, 3.8) is 0 Å². The standard InChI is InChI=1S/C23H36O3/c1-14(24)19-7-8-20-18-6-5-16-13-17(26-15(2)25)9-11-22(16,3)21(18)10-12-23(19,20)4/h16-21H,5-13H2,1-4H3/t16?,17?,18-,19?,20-,21-,22-,23+/m0/s1. The lowest BCUT2D eigenvalue weighted by atomic mass is 9.44. The number of hydrogen-bond acceptors (Lipinski definition) is 3. The van der Waals surface area contributed by atoms with Crippen LogP contribution in [0.1, 0.15) is 85.5 Å². The van der Waals surface area contributed by atoms with Crippen LogP contribution < -0.4 is 0 Å². The molecule has 4 fully saturated rings. The Kier molecular flexibility index (Phi) is 4.51. The largest absolute Gasteiger partial charge is 0.463 e. The molecule has 0 N–H and O–H groups in total. The van der Waals surface area contributed by atoms with Gasteiger partial charge in [0.05, 0.1) is 0 Å². The normalized spacial score (nSPS) is 50.3. The van der Waals surface area contributed by atoms with Crippen molar-refractivity contribution in [1.29, 1.82) is 0 Å². The molecule has 8 atom stereocenters. The minimum atomic E-state index is -0.123. The van der Waals surface area contributed by atoms with Crippen LogP contribution in [0.3, 0.4) is 0 Å². The summed E-state index contributed by atoms with van der Waals surface area (Å²) in [4.78, 5) is 23.6. The van der Waals surface area contributed by atoms with Gasteiger partial charge in [0.2, 0.25) is 0 Å². The third-order valence-electron chi connectivity index (χ3n) is 9.44. The maximum atomic E-state index is 12.2. The fourth-order valence-corrected chi connectivity index (χ4v) is 8.23. The Morgan fingerprint density at radius 2 is 1.54 bits per heavy atom. The van der Waals surface area contributed by atoms with E-state index in [1.807, 2.05) is 6.92 Å². The molecule has 0 aromatic heterocycles. The molecule has 4 rings (SSSR count). The molecule has 146 valence electrons. The number of ketones is 1. The zero-order valence-corrected chi connectivity index (χ0v) is 17.1. The van der Waals surface area contributed by atoms with Crippen molar-refractivity contribution in [3.8, 4) is 0 Å². The van der Waals surface area contributed by atoms with Crippen LogP contribution in [0.5, 0.6) is 0 Å². The summed E-state index contributed by atoms with van der Waals surface area (Å²) in [6, 6.07) is 0. The van der Waals surface area contributed by atoms with Gasteiger partial charge < -0.3 is 4.74 Å². The van der Waals surface area contributed by atoms with Gasteiger partial charge in [0.15, 0.2) is 0 Å². The van der Waals surface area contributed by atoms with E-state index in [1.54, 1.807) is 0 Å². The molecule has 0 aromatic rings. The van der Waals surface area contributed by atoms with Gasteiger partial charge in [0.25, 0.3) is 0 Å². The molecule has 0 heterocycles. The summed E-state index contributed by atoms with van der Waals surface area (Å²) in [6.07, 6.45) is 11.0. The average molecular weight is 361 g/mol. The molecule has 3 unspecified atom stereocenters. The Morgan fingerprint density at radius 3 is 2.23 bits per heavy atom. The first-order valence-electron chi connectivity index (χ1n) is 10.9. The summed E-state index contributed by atoms with van der Waals surface area (Å²) in [5.74, 6) is 3.68. The molecule has 3 nitrogen and oxygen atoms in total. The summed E-state index contributed by atoms with van der Waals surface area (Å²) in [5, 5.41) is 0. The molecule has 0 spiro atoms. The first-order chi connectivity index (χ1) is 12.3. The van der Waals surface area contributed by atoms with Crippen molar-refractivity contribution in [3.05, 3.63) is 0 Å². The van der Waals surface area contributed by atoms with E-state index in [-0.39, 0.29) is 17.5 Å². The minimum absolute atomic E-state index is 0.123. The molecule has 0 bridgehead atoms. The summed E-state index contributed by atoms with van der Waals surface area (Å²) in [7, 11) is 0. The molecule has 3 heteroatoms. The van der Waals surface area contributed by atoms with Gasteiger partial charge in [-0.1, -0.05) is 13.8 Å². The van der Waals surface area contributed by atoms with Gasteiger partial charge in [0.1, 0.15) is 11.9 Å². The molecule has 0 aliphatic heterocycles. The third-order valence-corrected chi connectivity index (χ3v) is 9.44. The number of carbonyl (C=O) groups is 2. The lowest BCUT2D eigenvalue weighted by molar-refractivity contribution is -0.161. The predicted molar refractivity (Wildman–Crippen MR) is 101 cm³/mol. The number of rotatable bonds is 2. The van der Waals surface area contributed by atoms with Crippen molar-refractivity contribution in [1.82, 2.24) is 0 Å². The first kappa shape index (κ1) is 18.5. The minimum Gasteiger partial charge on any atom is -0.463 e. The number of fused-ring (bicyclic) bond motifs is 5. The first-order valence-corrected chi connectivity index (χ1v) is 10.9. The van der Waals surface area contributed by atoms with Gasteiger partial charge in [-0.25, -0.2) is 0 Å². The zero-order chi connectivity index (χ0) is 18.7. The van der Waals surface area contributed by atoms with Crippen molar-refractivity contribution in [2.45, 2.75) is 91.6 Å². The van der Waals surface area contributed by atoms with Crippen LogP contribution in [0, 0.1) is 40.4 Å². The highest BCUT2D eigenvalue weighted by atomic mass is 16.5. The molecule has 4 aliphatic rings. The Hall–Kier alpha value is -0.860. The van der Waals surface area contributed by atoms with Crippen molar-refractivity contribution < 1.29 is 14.3 Å². The highest BCUT2D eigenvalue weighted by Crippen LogP contribution is 2.67. The van der Waals surface area contributed by atoms with E-state index >= 15 is 0 Å². The van der Waals surface area contributed by atoms with Crippen LogP contribution in [0.2, 0.25) is 0 Å². The van der Waals surface area contributed by atoms with Crippen LogP contribution in [0.4, 0.5) is 0 Å². The zero-order valence-electron chi connectivity index (χ0n) is 17.1. The number of esters is 1. The number of hydrogen-bond donors (Lipinski definition) is 0. The van der Waals surface area contributed by atoms with E-state index in [9.17, 15) is 9.59 Å². The van der Waals surface area contributed by atoms with Crippen molar-refractivity contribution >= 4 is 11.8 Å². The Morgan fingerprint density at radius 1 is 0.846 bits per heavy atom. The second-order valence-corrected chi connectivity index (χ2v) is 10.4. The monoisotopic (exact) mass is 360 g/mol. The third kappa shape index (κ3) is 2.67. The topological polar surface area (TPSA) is 43.4 Å². The summed E-state index contributed by atoms with van der Waals surface area (Å²) in [6.45, 7) is 8.33. The molecule has 0 saturated heterocycles. The smallest absolute Gasteiger partial charge is 0.302 e. The van der Waals surface area contributed by atoms with Gasteiger partial charge in [-0.05, 0) is 99.2 Å². The summed E-state index contributed by atoms with van der Waals surface area (Å²) in [5.41, 5.74) is 0.667. The SMILES string of the molecule is CC(=O)OC1CC[C@@]2(C)C(CC[C@@H]3[C@@H]2CC[C@]2(C)C(C(C)=O)CC[C@@H]32)C1. The second kappa shape index (κ2) is 6.34. The van der Waals surface area contributed by atoms with Gasteiger partial charge >= 0.3 is 5.97 Å². The van der Waals surface area contributed by atoms with Gasteiger partial charge in [-0.15, -0.1) is 0 Å². The van der Waals surface area contributed by atoms with E-state index in [0.717, 1.165) is 37.0 Å². The fourth-order valence-electron chi connectivity index (χ4n) is 8.23. The van der Waals surface area contributed by atoms with Crippen molar-refractivity contribution in [2.24, 2.45) is 40.4 Å². The Bertz CT molecular complexity index is 598. The molecule has 4 aliphatic carbocycles. The molecule has 26 heavy (non-hydrogen) atoms. The summed E-state index contributed by atoms with van der Waals surface area (Å²) < 4.78 is 5.57. The average Bonchev–Trinajstić information content (AvgIpc) is 2.92. The van der Waals surface area contributed by atoms with Crippen LogP contribution >= 0.6 is 0 Å². The Balaban J connectivity index is 1.54. The molecule has 0 radical (unpaired) electrons. The lowest BCUT2D eigenvalue weighted by Crippen LogP contribution is -2.54. The number of ether oxygens (including phenoxy) is 1. The molecule has 0 aromatic carbocycles. The lowest BCUT2D eigenvalue weighted by Gasteiger charge is -2.61. The highest BCUT2D eigenvalue weighted by molar-refractivity contribution is 5.79. The van der Waals surface area contributed by atoms with E-state index in [0.29, 0.717) is 23.0 Å². The van der Waals surface area contributed by atoms with Gasteiger partial charge in [-0.3, -0.25) is 9.59 Å². The number of Topliss-reactive ketones (excluding diaryl/α,β-unsaturated/α-hetero) is 1. The predicted octanol–water partition coefficient (Wildman–Crippen LogP) is 5.17. The fraction of sp³-hybridized carbons (Fsp3) is 0.913. The molecule has 0 amide bonds. The van der Waals surface area contributed by atoms with E-state index in [4.69, 9.17) is 4.74 Å². The van der Waals surface area contributed by atoms with E-state index in [1.165, 1.54) is 45.4 Å². The van der Waals surface area contributed by atoms with Crippen LogP contribution in [-0.4, -0.2) is 17.9 Å². The highest BCUT2D eigenvalue weighted by Gasteiger charge is 2.60. The maximum absolute atomic E-state index is 12.2. The molecular weight excluding hydrogens is 324 g/mol. The van der Waals surface area contributed by atoms with Gasteiger partial charge in [0, 0.05) is 12.8 Å². The molecular formula is C23H36O3. The van der Waals surface area contributed by atoms with E-state index < -0.39 is 0 Å². The van der Waals surface area contributed by atoms with Crippen LogP contribution in [0.15, 0.2) is 0 Å². The summed E-state index contributed by atoms with van der Waals surface area (Å²) >= 11 is 0. The second-order valence-electron chi connectivity index (χ2n) is 10.4. The maximum Gasteiger partial charge on any atom is 0.302 e. The quantitative estimate of drug-likeness (QED) is 0.638. The number of carbonyl (C=O) groups excluding carboxylic acids is 2.